The maximum Gasteiger partial charge on any atom is 0.265 e. The third kappa shape index (κ3) is 2.82. The van der Waals surface area contributed by atoms with Gasteiger partial charge in [-0.1, -0.05) is 18.2 Å². The molecule has 1 aliphatic rings. The maximum atomic E-state index is 12.1. The Balaban J connectivity index is 2.15. The Hall–Kier alpha value is -1.42. The molecule has 0 radical (unpaired) electrons. The fraction of sp³-hybridized carbons (Fsp3) is 0.308. The minimum absolute atomic E-state index is 0.0819. The van der Waals surface area contributed by atoms with E-state index in [4.69, 9.17) is 4.74 Å². The van der Waals surface area contributed by atoms with Gasteiger partial charge < -0.3 is 10.1 Å². The number of hydrogen-bond donors (Lipinski definition) is 1. The number of rotatable bonds is 2. The number of anilines is 1. The van der Waals surface area contributed by atoms with Gasteiger partial charge in [-0.05, 0) is 25.5 Å². The van der Waals surface area contributed by atoms with E-state index in [1.165, 1.54) is 0 Å². The van der Waals surface area contributed by atoms with Crippen molar-refractivity contribution in [2.24, 2.45) is 0 Å². The van der Waals surface area contributed by atoms with Crippen molar-refractivity contribution in [3.05, 3.63) is 40.5 Å². The second kappa shape index (κ2) is 5.27. The molecular weight excluding hydrogens is 234 g/mol. The van der Waals surface area contributed by atoms with Crippen LogP contribution in [-0.2, 0) is 9.53 Å². The molecule has 90 valence electrons. The van der Waals surface area contributed by atoms with Crippen molar-refractivity contribution in [2.75, 3.05) is 17.7 Å². The summed E-state index contributed by atoms with van der Waals surface area (Å²) in [5.41, 5.74) is 1.91. The van der Waals surface area contributed by atoms with Crippen LogP contribution in [0.2, 0.25) is 0 Å². The largest absolute Gasteiger partial charge is 0.496 e. The SMILES string of the molecule is CC1=C(C(=O)Nc2ccccc2C)SCCO1. The Morgan fingerprint density at radius 2 is 2.12 bits per heavy atom. The zero-order chi connectivity index (χ0) is 12.3. The van der Waals surface area contributed by atoms with E-state index >= 15 is 0 Å². The Labute approximate surface area is 105 Å². The zero-order valence-corrected chi connectivity index (χ0v) is 10.8. The fourth-order valence-electron chi connectivity index (χ4n) is 1.62. The summed E-state index contributed by atoms with van der Waals surface area (Å²) in [7, 11) is 0. The van der Waals surface area contributed by atoms with Gasteiger partial charge in [0.05, 0.1) is 6.61 Å². The molecule has 1 amide bonds. The second-order valence-corrected chi connectivity index (χ2v) is 4.96. The van der Waals surface area contributed by atoms with Crippen molar-refractivity contribution in [1.29, 1.82) is 0 Å². The topological polar surface area (TPSA) is 38.3 Å². The van der Waals surface area contributed by atoms with E-state index in [1.807, 2.05) is 38.1 Å². The minimum atomic E-state index is -0.0819. The molecule has 1 aromatic rings. The molecule has 1 aliphatic heterocycles. The molecule has 0 unspecified atom stereocenters. The smallest absolute Gasteiger partial charge is 0.265 e. The molecular formula is C13H15NO2S. The first kappa shape index (κ1) is 12.0. The molecule has 4 heteroatoms. The molecule has 1 aromatic carbocycles. The number of benzene rings is 1. The van der Waals surface area contributed by atoms with Crippen LogP contribution in [0.3, 0.4) is 0 Å². The van der Waals surface area contributed by atoms with Crippen LogP contribution in [0.5, 0.6) is 0 Å². The lowest BCUT2D eigenvalue weighted by Crippen LogP contribution is -2.18. The van der Waals surface area contributed by atoms with Crippen molar-refractivity contribution >= 4 is 23.4 Å². The lowest BCUT2D eigenvalue weighted by atomic mass is 10.2. The van der Waals surface area contributed by atoms with E-state index < -0.39 is 0 Å². The van der Waals surface area contributed by atoms with Gasteiger partial charge in [0, 0.05) is 11.4 Å². The fourth-order valence-corrected chi connectivity index (χ4v) is 2.44. The van der Waals surface area contributed by atoms with Crippen molar-refractivity contribution in [1.82, 2.24) is 0 Å². The molecule has 0 atom stereocenters. The highest BCUT2D eigenvalue weighted by atomic mass is 32.2. The molecule has 0 fully saturated rings. The number of ether oxygens (including phenoxy) is 1. The van der Waals surface area contributed by atoms with Gasteiger partial charge in [0.15, 0.2) is 0 Å². The molecule has 0 aromatic heterocycles. The molecule has 3 nitrogen and oxygen atoms in total. The van der Waals surface area contributed by atoms with Crippen LogP contribution in [-0.4, -0.2) is 18.3 Å². The van der Waals surface area contributed by atoms with Crippen LogP contribution in [0.25, 0.3) is 0 Å². The van der Waals surface area contributed by atoms with Gasteiger partial charge in [-0.25, -0.2) is 0 Å². The summed E-state index contributed by atoms with van der Waals surface area (Å²) < 4.78 is 5.38. The van der Waals surface area contributed by atoms with Crippen molar-refractivity contribution < 1.29 is 9.53 Å². The summed E-state index contributed by atoms with van der Waals surface area (Å²) in [6.07, 6.45) is 0. The van der Waals surface area contributed by atoms with Crippen LogP contribution in [0.4, 0.5) is 5.69 Å². The first-order valence-corrected chi connectivity index (χ1v) is 6.50. The Morgan fingerprint density at radius 1 is 1.35 bits per heavy atom. The average molecular weight is 249 g/mol. The standard InChI is InChI=1S/C13H15NO2S/c1-9-5-3-4-6-11(9)14-13(15)12-10(2)16-7-8-17-12/h3-6H,7-8H2,1-2H3,(H,14,15). The third-order valence-electron chi connectivity index (χ3n) is 2.57. The van der Waals surface area contributed by atoms with Crippen LogP contribution in [0.1, 0.15) is 12.5 Å². The molecule has 0 spiro atoms. The van der Waals surface area contributed by atoms with Crippen LogP contribution in [0.15, 0.2) is 34.9 Å². The summed E-state index contributed by atoms with van der Waals surface area (Å²) in [6.45, 7) is 4.48. The number of carbonyl (C=O) groups excluding carboxylic acids is 1. The van der Waals surface area contributed by atoms with E-state index in [0.29, 0.717) is 17.3 Å². The predicted molar refractivity (Wildman–Crippen MR) is 70.9 cm³/mol. The summed E-state index contributed by atoms with van der Waals surface area (Å²) in [6, 6.07) is 7.74. The number of allylic oxidation sites excluding steroid dienone is 1. The minimum Gasteiger partial charge on any atom is -0.496 e. The second-order valence-electron chi connectivity index (χ2n) is 3.85. The molecule has 1 N–H and O–H groups in total. The lowest BCUT2D eigenvalue weighted by molar-refractivity contribution is -0.112. The van der Waals surface area contributed by atoms with Crippen LogP contribution < -0.4 is 5.32 Å². The Kier molecular flexibility index (Phi) is 3.74. The number of para-hydroxylation sites is 1. The third-order valence-corrected chi connectivity index (χ3v) is 3.70. The molecule has 0 aliphatic carbocycles. The van der Waals surface area contributed by atoms with E-state index in [1.54, 1.807) is 11.8 Å². The van der Waals surface area contributed by atoms with Gasteiger partial charge in [0.2, 0.25) is 0 Å². The highest BCUT2D eigenvalue weighted by Crippen LogP contribution is 2.27. The van der Waals surface area contributed by atoms with E-state index in [9.17, 15) is 4.79 Å². The van der Waals surface area contributed by atoms with E-state index in [-0.39, 0.29) is 5.91 Å². The van der Waals surface area contributed by atoms with Crippen LogP contribution in [0, 0.1) is 6.92 Å². The normalized spacial score (nSPS) is 15.4. The van der Waals surface area contributed by atoms with Gasteiger partial charge in [0.1, 0.15) is 10.7 Å². The van der Waals surface area contributed by atoms with Crippen molar-refractivity contribution in [3.63, 3.8) is 0 Å². The number of thioether (sulfide) groups is 1. The van der Waals surface area contributed by atoms with Gasteiger partial charge in [-0.2, -0.15) is 0 Å². The highest BCUT2D eigenvalue weighted by molar-refractivity contribution is 8.04. The molecule has 1 heterocycles. The van der Waals surface area contributed by atoms with Crippen LogP contribution >= 0.6 is 11.8 Å². The summed E-state index contributed by atoms with van der Waals surface area (Å²) in [5, 5.41) is 2.91. The summed E-state index contributed by atoms with van der Waals surface area (Å²) in [5.74, 6) is 1.46. The monoisotopic (exact) mass is 249 g/mol. The summed E-state index contributed by atoms with van der Waals surface area (Å²) >= 11 is 1.55. The van der Waals surface area contributed by atoms with E-state index in [0.717, 1.165) is 17.0 Å². The first-order valence-electron chi connectivity index (χ1n) is 5.52. The molecule has 0 saturated heterocycles. The van der Waals surface area contributed by atoms with Gasteiger partial charge in [-0.3, -0.25) is 4.79 Å². The number of nitrogens with one attached hydrogen (secondary N) is 1. The average Bonchev–Trinajstić information content (AvgIpc) is 2.32. The Morgan fingerprint density at radius 3 is 2.82 bits per heavy atom. The molecule has 0 bridgehead atoms. The van der Waals surface area contributed by atoms with Crippen molar-refractivity contribution in [3.8, 4) is 0 Å². The first-order chi connectivity index (χ1) is 8.18. The number of amides is 1. The Bertz CT molecular complexity index is 468. The van der Waals surface area contributed by atoms with Gasteiger partial charge in [-0.15, -0.1) is 11.8 Å². The van der Waals surface area contributed by atoms with Crippen molar-refractivity contribution in [2.45, 2.75) is 13.8 Å². The molecule has 17 heavy (non-hydrogen) atoms. The maximum absolute atomic E-state index is 12.1. The van der Waals surface area contributed by atoms with Gasteiger partial charge >= 0.3 is 0 Å². The van der Waals surface area contributed by atoms with E-state index in [2.05, 4.69) is 5.32 Å². The molecule has 2 rings (SSSR count). The quantitative estimate of drug-likeness (QED) is 0.875. The number of aryl methyl sites for hydroxylation is 1. The van der Waals surface area contributed by atoms with Gasteiger partial charge in [0.25, 0.3) is 5.91 Å². The molecule has 0 saturated carbocycles. The lowest BCUT2D eigenvalue weighted by Gasteiger charge is -2.18. The highest BCUT2D eigenvalue weighted by Gasteiger charge is 2.19. The number of carbonyl (C=O) groups is 1. The predicted octanol–water partition coefficient (Wildman–Crippen LogP) is 2.93. The number of hydrogen-bond acceptors (Lipinski definition) is 3. The summed E-state index contributed by atoms with van der Waals surface area (Å²) in [4.78, 5) is 12.7. The zero-order valence-electron chi connectivity index (χ0n) is 9.95.